The fraction of sp³-hybridized carbons (Fsp3) is 0.500. The maximum absolute atomic E-state index is 12.3. The standard InChI is InChI=1S/C16H20ClNO2/c1-10(2)6-16(20)18-11(3)7-13-8-12(15(19)9-17)4-5-14(13)18/h4-5,8,10-11H,6-7,9H2,1-3H3. The number of benzene rings is 1. The Bertz CT molecular complexity index is 539. The highest BCUT2D eigenvalue weighted by Crippen LogP contribution is 2.34. The first-order valence-electron chi connectivity index (χ1n) is 6.98. The van der Waals surface area contributed by atoms with E-state index in [2.05, 4.69) is 0 Å². The molecule has 1 aliphatic heterocycles. The number of amides is 1. The van der Waals surface area contributed by atoms with Crippen molar-refractivity contribution in [2.75, 3.05) is 10.8 Å². The average molecular weight is 294 g/mol. The highest BCUT2D eigenvalue weighted by atomic mass is 35.5. The van der Waals surface area contributed by atoms with Crippen LogP contribution in [0.3, 0.4) is 0 Å². The molecule has 3 nitrogen and oxygen atoms in total. The van der Waals surface area contributed by atoms with Crippen LogP contribution >= 0.6 is 11.6 Å². The molecule has 0 spiro atoms. The van der Waals surface area contributed by atoms with Gasteiger partial charge in [0.1, 0.15) is 0 Å². The molecule has 1 aliphatic rings. The van der Waals surface area contributed by atoms with Crippen molar-refractivity contribution in [3.63, 3.8) is 0 Å². The lowest BCUT2D eigenvalue weighted by Gasteiger charge is -2.23. The van der Waals surface area contributed by atoms with E-state index in [1.807, 2.05) is 37.8 Å². The molecule has 0 bridgehead atoms. The molecule has 1 amide bonds. The second-order valence-electron chi connectivity index (χ2n) is 5.82. The fourth-order valence-corrected chi connectivity index (χ4v) is 2.86. The summed E-state index contributed by atoms with van der Waals surface area (Å²) < 4.78 is 0. The molecule has 1 heterocycles. The second kappa shape index (κ2) is 5.96. The SMILES string of the molecule is CC(C)CC(=O)N1c2ccc(C(=O)CCl)cc2CC1C. The van der Waals surface area contributed by atoms with Gasteiger partial charge in [-0.05, 0) is 43.0 Å². The van der Waals surface area contributed by atoms with E-state index in [1.54, 1.807) is 6.07 Å². The number of hydrogen-bond acceptors (Lipinski definition) is 2. The van der Waals surface area contributed by atoms with Crippen LogP contribution in [0.5, 0.6) is 0 Å². The van der Waals surface area contributed by atoms with Crippen LogP contribution in [-0.2, 0) is 11.2 Å². The van der Waals surface area contributed by atoms with Crippen molar-refractivity contribution in [2.45, 2.75) is 39.7 Å². The van der Waals surface area contributed by atoms with E-state index in [9.17, 15) is 9.59 Å². The van der Waals surface area contributed by atoms with Gasteiger partial charge in [0.15, 0.2) is 5.78 Å². The Morgan fingerprint density at radius 3 is 2.70 bits per heavy atom. The molecule has 4 heteroatoms. The van der Waals surface area contributed by atoms with Crippen molar-refractivity contribution < 1.29 is 9.59 Å². The summed E-state index contributed by atoms with van der Waals surface area (Å²) in [5.41, 5.74) is 2.63. The van der Waals surface area contributed by atoms with Gasteiger partial charge in [-0.2, -0.15) is 0 Å². The van der Waals surface area contributed by atoms with Crippen LogP contribution in [0, 0.1) is 5.92 Å². The van der Waals surface area contributed by atoms with Gasteiger partial charge < -0.3 is 4.90 Å². The lowest BCUT2D eigenvalue weighted by molar-refractivity contribution is -0.119. The normalized spacial score (nSPS) is 17.4. The topological polar surface area (TPSA) is 37.4 Å². The molecule has 1 aromatic carbocycles. The van der Waals surface area contributed by atoms with Crippen molar-refractivity contribution in [3.05, 3.63) is 29.3 Å². The van der Waals surface area contributed by atoms with E-state index in [-0.39, 0.29) is 23.6 Å². The molecule has 0 saturated heterocycles. The molecule has 1 unspecified atom stereocenters. The number of anilines is 1. The zero-order valence-electron chi connectivity index (χ0n) is 12.1. The monoisotopic (exact) mass is 293 g/mol. The number of carbonyl (C=O) groups excluding carboxylic acids is 2. The third-order valence-corrected chi connectivity index (χ3v) is 3.83. The summed E-state index contributed by atoms with van der Waals surface area (Å²) in [6.45, 7) is 6.13. The van der Waals surface area contributed by atoms with Gasteiger partial charge in [-0.15, -0.1) is 11.6 Å². The number of halogens is 1. The molecular weight excluding hydrogens is 274 g/mol. The van der Waals surface area contributed by atoms with E-state index in [0.29, 0.717) is 17.9 Å². The highest BCUT2D eigenvalue weighted by molar-refractivity contribution is 6.30. The Hall–Kier alpha value is -1.35. The smallest absolute Gasteiger partial charge is 0.227 e. The largest absolute Gasteiger partial charge is 0.309 e. The molecular formula is C16H20ClNO2. The minimum atomic E-state index is -0.0749. The molecule has 0 radical (unpaired) electrons. The van der Waals surface area contributed by atoms with Gasteiger partial charge in [0.05, 0.1) is 5.88 Å². The number of Topliss-reactive ketones (excluding diaryl/α,β-unsaturated/α-hetero) is 1. The number of nitrogens with zero attached hydrogens (tertiary/aromatic N) is 1. The molecule has 0 N–H and O–H groups in total. The molecule has 2 rings (SSSR count). The van der Waals surface area contributed by atoms with Gasteiger partial charge in [-0.25, -0.2) is 0 Å². The average Bonchev–Trinajstić information content (AvgIpc) is 2.71. The van der Waals surface area contributed by atoms with Crippen molar-refractivity contribution in [3.8, 4) is 0 Å². The Morgan fingerprint density at radius 2 is 2.10 bits per heavy atom. The van der Waals surface area contributed by atoms with Crippen molar-refractivity contribution >= 4 is 29.0 Å². The summed E-state index contributed by atoms with van der Waals surface area (Å²) in [6.07, 6.45) is 1.34. The van der Waals surface area contributed by atoms with E-state index >= 15 is 0 Å². The predicted molar refractivity (Wildman–Crippen MR) is 81.6 cm³/mol. The highest BCUT2D eigenvalue weighted by Gasteiger charge is 2.31. The number of carbonyl (C=O) groups is 2. The van der Waals surface area contributed by atoms with E-state index in [1.165, 1.54) is 0 Å². The van der Waals surface area contributed by atoms with Crippen LogP contribution in [0.2, 0.25) is 0 Å². The predicted octanol–water partition coefficient (Wildman–Crippen LogP) is 3.43. The summed E-state index contributed by atoms with van der Waals surface area (Å²) in [5, 5.41) is 0. The maximum Gasteiger partial charge on any atom is 0.227 e. The number of rotatable bonds is 4. The van der Waals surface area contributed by atoms with E-state index < -0.39 is 0 Å². The van der Waals surface area contributed by atoms with Crippen molar-refractivity contribution in [1.82, 2.24) is 0 Å². The van der Waals surface area contributed by atoms with Gasteiger partial charge >= 0.3 is 0 Å². The summed E-state index contributed by atoms with van der Waals surface area (Å²) in [5.74, 6) is 0.414. The van der Waals surface area contributed by atoms with Crippen LogP contribution in [0.4, 0.5) is 5.69 Å². The third-order valence-electron chi connectivity index (χ3n) is 3.59. The minimum Gasteiger partial charge on any atom is -0.309 e. The quantitative estimate of drug-likeness (QED) is 0.630. The van der Waals surface area contributed by atoms with Crippen LogP contribution in [-0.4, -0.2) is 23.6 Å². The van der Waals surface area contributed by atoms with Gasteiger partial charge in [-0.3, -0.25) is 9.59 Å². The van der Waals surface area contributed by atoms with Gasteiger partial charge in [0.25, 0.3) is 0 Å². The number of ketones is 1. The fourth-order valence-electron chi connectivity index (χ4n) is 2.71. The molecule has 108 valence electrons. The molecule has 0 aliphatic carbocycles. The first-order chi connectivity index (χ1) is 9.43. The van der Waals surface area contributed by atoms with Crippen LogP contribution in [0.25, 0.3) is 0 Å². The summed E-state index contributed by atoms with van der Waals surface area (Å²) in [6, 6.07) is 5.66. The van der Waals surface area contributed by atoms with Crippen molar-refractivity contribution in [2.24, 2.45) is 5.92 Å². The van der Waals surface area contributed by atoms with Gasteiger partial charge in [0, 0.05) is 23.7 Å². The Labute approximate surface area is 124 Å². The van der Waals surface area contributed by atoms with E-state index in [4.69, 9.17) is 11.6 Å². The molecule has 0 fully saturated rings. The molecule has 1 aromatic rings. The first kappa shape index (κ1) is 15.0. The first-order valence-corrected chi connectivity index (χ1v) is 7.51. The lowest BCUT2D eigenvalue weighted by atomic mass is 10.0. The second-order valence-corrected chi connectivity index (χ2v) is 6.08. The summed E-state index contributed by atoms with van der Waals surface area (Å²) >= 11 is 5.59. The van der Waals surface area contributed by atoms with Gasteiger partial charge in [0.2, 0.25) is 5.91 Å². The van der Waals surface area contributed by atoms with Crippen molar-refractivity contribution in [1.29, 1.82) is 0 Å². The summed E-state index contributed by atoms with van der Waals surface area (Å²) in [7, 11) is 0. The number of hydrogen-bond donors (Lipinski definition) is 0. The summed E-state index contributed by atoms with van der Waals surface area (Å²) in [4.78, 5) is 25.9. The molecule has 20 heavy (non-hydrogen) atoms. The Kier molecular flexibility index (Phi) is 4.48. The zero-order chi connectivity index (χ0) is 14.9. The van der Waals surface area contributed by atoms with Crippen LogP contribution < -0.4 is 4.90 Å². The maximum atomic E-state index is 12.3. The van der Waals surface area contributed by atoms with Gasteiger partial charge in [-0.1, -0.05) is 13.8 Å². The molecule has 0 aromatic heterocycles. The lowest BCUT2D eigenvalue weighted by Crippen LogP contribution is -2.36. The third kappa shape index (κ3) is 2.88. The Balaban J connectivity index is 2.30. The van der Waals surface area contributed by atoms with Crippen LogP contribution in [0.1, 0.15) is 43.1 Å². The molecule has 0 saturated carbocycles. The van der Waals surface area contributed by atoms with Crippen LogP contribution in [0.15, 0.2) is 18.2 Å². The number of fused-ring (bicyclic) bond motifs is 1. The molecule has 1 atom stereocenters. The Morgan fingerprint density at radius 1 is 1.40 bits per heavy atom. The minimum absolute atomic E-state index is 0.00959. The van der Waals surface area contributed by atoms with E-state index in [0.717, 1.165) is 17.7 Å². The number of alkyl halides is 1. The zero-order valence-corrected chi connectivity index (χ0v) is 12.9.